The van der Waals surface area contributed by atoms with Crippen LogP contribution < -0.4 is 0 Å². The molecule has 1 atom stereocenters. The molecular formula is C7H16O2Si. The van der Waals surface area contributed by atoms with E-state index < -0.39 is 9.28 Å². The van der Waals surface area contributed by atoms with Gasteiger partial charge < -0.3 is 8.85 Å². The van der Waals surface area contributed by atoms with Crippen LogP contribution in [0.25, 0.3) is 0 Å². The van der Waals surface area contributed by atoms with E-state index in [2.05, 4.69) is 6.92 Å². The lowest BCUT2D eigenvalue weighted by Gasteiger charge is -2.20. The van der Waals surface area contributed by atoms with Gasteiger partial charge in [0.2, 0.25) is 0 Å². The molecule has 1 rings (SSSR count). The van der Waals surface area contributed by atoms with Crippen LogP contribution in [0.1, 0.15) is 26.2 Å². The first kappa shape index (κ1) is 8.24. The van der Waals surface area contributed by atoms with Gasteiger partial charge in [0, 0.05) is 13.2 Å². The maximum atomic E-state index is 5.55. The summed E-state index contributed by atoms with van der Waals surface area (Å²) in [5.41, 5.74) is 0. The van der Waals surface area contributed by atoms with Crippen LogP contribution in [0.4, 0.5) is 0 Å². The summed E-state index contributed by atoms with van der Waals surface area (Å²) in [7, 11) is -1.14. The Morgan fingerprint density at radius 2 is 2.40 bits per heavy atom. The lowest BCUT2D eigenvalue weighted by atomic mass is 10.4. The number of hydrogen-bond donors (Lipinski definition) is 0. The van der Waals surface area contributed by atoms with E-state index in [0.717, 1.165) is 19.6 Å². The highest BCUT2D eigenvalue weighted by Gasteiger charge is 2.16. The molecule has 10 heavy (non-hydrogen) atoms. The maximum Gasteiger partial charge on any atom is 0.321 e. The van der Waals surface area contributed by atoms with Crippen molar-refractivity contribution in [2.75, 3.05) is 13.2 Å². The van der Waals surface area contributed by atoms with E-state index in [0.29, 0.717) is 0 Å². The first-order chi connectivity index (χ1) is 4.93. The molecule has 0 aromatic carbocycles. The van der Waals surface area contributed by atoms with Crippen LogP contribution in [-0.2, 0) is 8.85 Å². The summed E-state index contributed by atoms with van der Waals surface area (Å²) in [5, 5.41) is 0. The highest BCUT2D eigenvalue weighted by Crippen LogP contribution is 2.11. The van der Waals surface area contributed by atoms with Crippen molar-refractivity contribution in [3.05, 3.63) is 0 Å². The second-order valence-corrected chi connectivity index (χ2v) is 4.77. The molecule has 0 aromatic rings. The zero-order valence-electron chi connectivity index (χ0n) is 6.64. The van der Waals surface area contributed by atoms with E-state index in [1.54, 1.807) is 0 Å². The van der Waals surface area contributed by atoms with Crippen LogP contribution in [0.2, 0.25) is 6.04 Å². The third-order valence-corrected chi connectivity index (χ3v) is 3.74. The largest absolute Gasteiger partial charge is 0.397 e. The summed E-state index contributed by atoms with van der Waals surface area (Å²) < 4.78 is 11.0. The third kappa shape index (κ3) is 2.81. The summed E-state index contributed by atoms with van der Waals surface area (Å²) in [5.74, 6) is 0. The van der Waals surface area contributed by atoms with Gasteiger partial charge in [0.25, 0.3) is 0 Å². The van der Waals surface area contributed by atoms with Crippen molar-refractivity contribution in [3.8, 4) is 0 Å². The lowest BCUT2D eigenvalue weighted by Crippen LogP contribution is -2.27. The van der Waals surface area contributed by atoms with Crippen LogP contribution in [0, 0.1) is 0 Å². The van der Waals surface area contributed by atoms with Crippen molar-refractivity contribution < 1.29 is 8.85 Å². The molecule has 0 amide bonds. The average molecular weight is 160 g/mol. The molecule has 1 saturated heterocycles. The third-order valence-electron chi connectivity index (χ3n) is 1.65. The molecule has 0 bridgehead atoms. The zero-order valence-corrected chi connectivity index (χ0v) is 7.79. The predicted molar refractivity (Wildman–Crippen MR) is 43.4 cm³/mol. The first-order valence-corrected chi connectivity index (χ1v) is 5.92. The minimum atomic E-state index is -1.14. The lowest BCUT2D eigenvalue weighted by molar-refractivity contribution is 0.177. The second kappa shape index (κ2) is 4.88. The summed E-state index contributed by atoms with van der Waals surface area (Å²) in [6.07, 6.45) is 3.67. The molecule has 3 heteroatoms. The molecule has 1 fully saturated rings. The number of hydrogen-bond acceptors (Lipinski definition) is 2. The molecule has 0 saturated carbocycles. The van der Waals surface area contributed by atoms with Crippen LogP contribution in [0.5, 0.6) is 0 Å². The minimum Gasteiger partial charge on any atom is -0.397 e. The van der Waals surface area contributed by atoms with Gasteiger partial charge in [-0.2, -0.15) is 0 Å². The minimum absolute atomic E-state index is 0.900. The van der Waals surface area contributed by atoms with E-state index in [4.69, 9.17) is 8.85 Å². The van der Waals surface area contributed by atoms with Crippen LogP contribution in [-0.4, -0.2) is 22.5 Å². The fourth-order valence-corrected chi connectivity index (χ4v) is 3.07. The molecule has 0 spiro atoms. The van der Waals surface area contributed by atoms with Crippen molar-refractivity contribution in [1.82, 2.24) is 0 Å². The molecule has 2 nitrogen and oxygen atoms in total. The highest BCUT2D eigenvalue weighted by atomic mass is 28.3. The smallest absolute Gasteiger partial charge is 0.321 e. The Bertz CT molecular complexity index is 81.7. The molecule has 1 heterocycles. The van der Waals surface area contributed by atoms with Crippen LogP contribution in [0.3, 0.4) is 0 Å². The molecule has 1 aliphatic heterocycles. The van der Waals surface area contributed by atoms with Gasteiger partial charge in [0.15, 0.2) is 0 Å². The van der Waals surface area contributed by atoms with E-state index in [1.165, 1.54) is 18.9 Å². The Morgan fingerprint density at radius 3 is 3.00 bits per heavy atom. The van der Waals surface area contributed by atoms with Gasteiger partial charge in [0.1, 0.15) is 0 Å². The highest BCUT2D eigenvalue weighted by molar-refractivity contribution is 6.44. The maximum absolute atomic E-state index is 5.55. The van der Waals surface area contributed by atoms with Gasteiger partial charge in [0.05, 0.1) is 0 Å². The topological polar surface area (TPSA) is 18.5 Å². The zero-order chi connectivity index (χ0) is 7.23. The van der Waals surface area contributed by atoms with E-state index in [9.17, 15) is 0 Å². The van der Waals surface area contributed by atoms with Crippen LogP contribution >= 0.6 is 0 Å². The van der Waals surface area contributed by atoms with Crippen molar-refractivity contribution in [3.63, 3.8) is 0 Å². The van der Waals surface area contributed by atoms with Gasteiger partial charge in [-0.3, -0.25) is 0 Å². The Hall–Kier alpha value is 0.137. The first-order valence-electron chi connectivity index (χ1n) is 4.16. The fraction of sp³-hybridized carbons (Fsp3) is 1.00. The molecule has 0 radical (unpaired) electrons. The summed E-state index contributed by atoms with van der Waals surface area (Å²) >= 11 is 0. The van der Waals surface area contributed by atoms with E-state index in [-0.39, 0.29) is 0 Å². The van der Waals surface area contributed by atoms with E-state index in [1.807, 2.05) is 0 Å². The molecular weight excluding hydrogens is 144 g/mol. The Morgan fingerprint density at radius 1 is 1.50 bits per heavy atom. The van der Waals surface area contributed by atoms with Crippen molar-refractivity contribution >= 4 is 9.28 Å². The second-order valence-electron chi connectivity index (χ2n) is 2.67. The molecule has 60 valence electrons. The standard InChI is InChI=1S/C7H16O2Si/c1-2-5-8-10-7-4-3-6-9-10/h10H,2-7H2,1H3. The summed E-state index contributed by atoms with van der Waals surface area (Å²) in [6, 6.07) is 1.22. The van der Waals surface area contributed by atoms with Crippen molar-refractivity contribution in [2.45, 2.75) is 32.2 Å². The fourth-order valence-electron chi connectivity index (χ4n) is 1.09. The summed E-state index contributed by atoms with van der Waals surface area (Å²) in [4.78, 5) is 0. The summed E-state index contributed by atoms with van der Waals surface area (Å²) in [6.45, 7) is 3.98. The van der Waals surface area contributed by atoms with Gasteiger partial charge in [-0.05, 0) is 25.3 Å². The average Bonchev–Trinajstić information content (AvgIpc) is 2.03. The molecule has 0 N–H and O–H groups in total. The van der Waals surface area contributed by atoms with Crippen molar-refractivity contribution in [1.29, 1.82) is 0 Å². The Kier molecular flexibility index (Phi) is 4.02. The monoisotopic (exact) mass is 160 g/mol. The van der Waals surface area contributed by atoms with Gasteiger partial charge >= 0.3 is 9.28 Å². The Labute approximate surface area is 64.4 Å². The SMILES string of the molecule is CCCO[SiH]1CCCCO1. The predicted octanol–water partition coefficient (Wildman–Crippen LogP) is 1.44. The normalized spacial score (nSPS) is 26.7. The van der Waals surface area contributed by atoms with Gasteiger partial charge in [-0.15, -0.1) is 0 Å². The molecule has 1 aliphatic rings. The molecule has 0 aromatic heterocycles. The van der Waals surface area contributed by atoms with Crippen molar-refractivity contribution in [2.24, 2.45) is 0 Å². The van der Waals surface area contributed by atoms with Crippen LogP contribution in [0.15, 0.2) is 0 Å². The number of rotatable bonds is 3. The molecule has 0 aliphatic carbocycles. The molecule has 1 unspecified atom stereocenters. The van der Waals surface area contributed by atoms with E-state index >= 15 is 0 Å². The van der Waals surface area contributed by atoms with Gasteiger partial charge in [-0.25, -0.2) is 0 Å². The Balaban J connectivity index is 2.02. The quantitative estimate of drug-likeness (QED) is 0.582. The van der Waals surface area contributed by atoms with Gasteiger partial charge in [-0.1, -0.05) is 6.92 Å².